The van der Waals surface area contributed by atoms with Gasteiger partial charge in [-0.05, 0) is 24.6 Å². The highest BCUT2D eigenvalue weighted by atomic mass is 32.1. The number of hydrogen-bond acceptors (Lipinski definition) is 3. The van der Waals surface area contributed by atoms with Gasteiger partial charge in [-0.2, -0.15) is 13.2 Å². The van der Waals surface area contributed by atoms with Crippen LogP contribution in [0.5, 0.6) is 0 Å². The van der Waals surface area contributed by atoms with Crippen molar-refractivity contribution in [2.45, 2.75) is 19.6 Å². The Morgan fingerprint density at radius 1 is 1.33 bits per heavy atom. The summed E-state index contributed by atoms with van der Waals surface area (Å²) >= 11 is 1.21. The molecule has 0 saturated carbocycles. The molecule has 0 radical (unpaired) electrons. The maximum Gasteiger partial charge on any atom is 0.416 e. The lowest BCUT2D eigenvalue weighted by Gasteiger charge is -2.12. The number of hydrogen-bond donors (Lipinski definition) is 2. The van der Waals surface area contributed by atoms with Crippen LogP contribution in [0.25, 0.3) is 0 Å². The number of thiophene rings is 1. The minimum Gasteiger partial charge on any atom is -0.398 e. The van der Waals surface area contributed by atoms with E-state index in [2.05, 4.69) is 5.32 Å². The molecule has 21 heavy (non-hydrogen) atoms. The number of benzene rings is 1. The summed E-state index contributed by atoms with van der Waals surface area (Å²) in [5.74, 6) is -0.434. The Hall–Kier alpha value is -2.02. The Morgan fingerprint density at radius 2 is 2.00 bits per heavy atom. The Balaban J connectivity index is 2.12. The van der Waals surface area contributed by atoms with E-state index in [9.17, 15) is 18.0 Å². The van der Waals surface area contributed by atoms with Crippen LogP contribution in [0.4, 0.5) is 18.9 Å². The van der Waals surface area contributed by atoms with Crippen LogP contribution in [0.15, 0.2) is 30.3 Å². The number of halogens is 3. The van der Waals surface area contributed by atoms with E-state index in [1.165, 1.54) is 35.6 Å². The molecule has 0 saturated heterocycles. The van der Waals surface area contributed by atoms with Crippen molar-refractivity contribution in [2.75, 3.05) is 5.73 Å². The molecule has 0 atom stereocenters. The number of rotatable bonds is 3. The maximum absolute atomic E-state index is 12.8. The smallest absolute Gasteiger partial charge is 0.398 e. The van der Waals surface area contributed by atoms with Gasteiger partial charge in [0, 0.05) is 17.1 Å². The van der Waals surface area contributed by atoms with E-state index in [1.54, 1.807) is 6.92 Å². The highest BCUT2D eigenvalue weighted by Gasteiger charge is 2.32. The number of anilines is 1. The van der Waals surface area contributed by atoms with Crippen LogP contribution in [0.2, 0.25) is 0 Å². The first-order valence-corrected chi connectivity index (χ1v) is 6.90. The van der Waals surface area contributed by atoms with Crippen LogP contribution in [-0.2, 0) is 12.7 Å². The van der Waals surface area contributed by atoms with E-state index in [-0.39, 0.29) is 12.1 Å². The Kier molecular flexibility index (Phi) is 4.22. The number of nitrogens with one attached hydrogen (secondary N) is 1. The van der Waals surface area contributed by atoms with Gasteiger partial charge in [-0.3, -0.25) is 4.79 Å². The number of nitrogens with two attached hydrogens (primary N) is 1. The molecule has 7 heteroatoms. The molecule has 3 nitrogen and oxygen atoms in total. The SMILES string of the molecule is Cc1sc(C(=O)NCc2ccccc2C(F)(F)F)cc1N. The maximum atomic E-state index is 12.8. The second-order valence-corrected chi connectivity index (χ2v) is 5.72. The molecule has 2 rings (SSSR count). The molecule has 1 amide bonds. The molecule has 1 aromatic heterocycles. The zero-order valence-corrected chi connectivity index (χ0v) is 11.9. The predicted molar refractivity (Wildman–Crippen MR) is 76.1 cm³/mol. The van der Waals surface area contributed by atoms with Crippen molar-refractivity contribution in [3.63, 3.8) is 0 Å². The first-order valence-electron chi connectivity index (χ1n) is 6.08. The lowest BCUT2D eigenvalue weighted by atomic mass is 10.1. The van der Waals surface area contributed by atoms with Gasteiger partial charge < -0.3 is 11.1 Å². The van der Waals surface area contributed by atoms with E-state index in [0.29, 0.717) is 10.6 Å². The van der Waals surface area contributed by atoms with Crippen molar-refractivity contribution in [1.29, 1.82) is 0 Å². The summed E-state index contributed by atoms with van der Waals surface area (Å²) in [5.41, 5.74) is 5.43. The van der Waals surface area contributed by atoms with Gasteiger partial charge in [0.25, 0.3) is 5.91 Å². The minimum atomic E-state index is -4.44. The zero-order valence-electron chi connectivity index (χ0n) is 11.1. The predicted octanol–water partition coefficient (Wildman–Crippen LogP) is 3.59. The number of amides is 1. The molecule has 0 aliphatic carbocycles. The number of carbonyl (C=O) groups is 1. The van der Waals surface area contributed by atoms with Gasteiger partial charge >= 0.3 is 6.18 Å². The molecule has 1 heterocycles. The Labute approximate surface area is 123 Å². The summed E-state index contributed by atoms with van der Waals surface area (Å²) in [6, 6.07) is 6.68. The monoisotopic (exact) mass is 314 g/mol. The highest BCUT2D eigenvalue weighted by Crippen LogP contribution is 2.31. The number of nitrogen functional groups attached to an aromatic ring is 1. The third-order valence-corrected chi connectivity index (χ3v) is 4.01. The van der Waals surface area contributed by atoms with Crippen molar-refractivity contribution in [3.8, 4) is 0 Å². The molecular weight excluding hydrogens is 301 g/mol. The second-order valence-electron chi connectivity index (χ2n) is 4.46. The summed E-state index contributed by atoms with van der Waals surface area (Å²) in [7, 11) is 0. The molecule has 112 valence electrons. The fraction of sp³-hybridized carbons (Fsp3) is 0.214. The quantitative estimate of drug-likeness (QED) is 0.909. The zero-order chi connectivity index (χ0) is 15.6. The molecule has 2 aromatic rings. The van der Waals surface area contributed by atoms with Crippen LogP contribution in [0.1, 0.15) is 25.7 Å². The summed E-state index contributed by atoms with van der Waals surface area (Å²) in [6.45, 7) is 1.58. The summed E-state index contributed by atoms with van der Waals surface area (Å²) in [6.07, 6.45) is -4.44. The van der Waals surface area contributed by atoms with E-state index in [0.717, 1.165) is 10.9 Å². The van der Waals surface area contributed by atoms with E-state index in [1.807, 2.05) is 0 Å². The van der Waals surface area contributed by atoms with Crippen LogP contribution in [-0.4, -0.2) is 5.91 Å². The van der Waals surface area contributed by atoms with E-state index >= 15 is 0 Å². The lowest BCUT2D eigenvalue weighted by Crippen LogP contribution is -2.23. The van der Waals surface area contributed by atoms with Crippen LogP contribution in [0, 0.1) is 6.92 Å². The van der Waals surface area contributed by atoms with Crippen molar-refractivity contribution < 1.29 is 18.0 Å². The van der Waals surface area contributed by atoms with Gasteiger partial charge in [0.05, 0.1) is 10.4 Å². The van der Waals surface area contributed by atoms with Gasteiger partial charge in [-0.1, -0.05) is 18.2 Å². The average molecular weight is 314 g/mol. The van der Waals surface area contributed by atoms with Gasteiger partial charge in [-0.25, -0.2) is 0 Å². The summed E-state index contributed by atoms with van der Waals surface area (Å²) < 4.78 is 38.5. The lowest BCUT2D eigenvalue weighted by molar-refractivity contribution is -0.138. The normalized spacial score (nSPS) is 11.4. The largest absolute Gasteiger partial charge is 0.416 e. The van der Waals surface area contributed by atoms with E-state index < -0.39 is 17.6 Å². The molecule has 1 aromatic carbocycles. The van der Waals surface area contributed by atoms with Crippen molar-refractivity contribution in [2.24, 2.45) is 0 Å². The first-order chi connectivity index (χ1) is 9.79. The summed E-state index contributed by atoms with van der Waals surface area (Å²) in [4.78, 5) is 13.1. The second kappa shape index (κ2) is 5.77. The molecule has 3 N–H and O–H groups in total. The van der Waals surface area contributed by atoms with Crippen molar-refractivity contribution in [1.82, 2.24) is 5.32 Å². The van der Waals surface area contributed by atoms with Gasteiger partial charge in [0.1, 0.15) is 0 Å². The molecular formula is C14H13F3N2OS. The number of alkyl halides is 3. The summed E-state index contributed by atoms with van der Waals surface area (Å²) in [5, 5.41) is 2.48. The molecule has 0 aliphatic rings. The fourth-order valence-corrected chi connectivity index (χ4v) is 2.68. The Bertz CT molecular complexity index is 645. The first kappa shape index (κ1) is 15.4. The molecule has 0 unspecified atom stereocenters. The standard InChI is InChI=1S/C14H13F3N2OS/c1-8-11(18)6-12(21-8)13(20)19-7-9-4-2-3-5-10(9)14(15,16)17/h2-6H,7,18H2,1H3,(H,19,20). The Morgan fingerprint density at radius 3 is 2.57 bits per heavy atom. The van der Waals surface area contributed by atoms with E-state index in [4.69, 9.17) is 5.73 Å². The number of aryl methyl sites for hydroxylation is 1. The van der Waals surface area contributed by atoms with Gasteiger partial charge in [-0.15, -0.1) is 11.3 Å². The van der Waals surface area contributed by atoms with Crippen molar-refractivity contribution in [3.05, 3.63) is 51.2 Å². The van der Waals surface area contributed by atoms with Crippen molar-refractivity contribution >= 4 is 22.9 Å². The third kappa shape index (κ3) is 3.55. The van der Waals surface area contributed by atoms with Crippen LogP contribution in [0.3, 0.4) is 0 Å². The van der Waals surface area contributed by atoms with Gasteiger partial charge in [0.2, 0.25) is 0 Å². The molecule has 0 fully saturated rings. The molecule has 0 spiro atoms. The third-order valence-electron chi connectivity index (χ3n) is 2.94. The van der Waals surface area contributed by atoms with Gasteiger partial charge in [0.15, 0.2) is 0 Å². The molecule has 0 aliphatic heterocycles. The molecule has 0 bridgehead atoms. The van der Waals surface area contributed by atoms with Crippen LogP contribution < -0.4 is 11.1 Å². The average Bonchev–Trinajstić information content (AvgIpc) is 2.75. The number of carbonyl (C=O) groups excluding carboxylic acids is 1. The van der Waals surface area contributed by atoms with Crippen LogP contribution >= 0.6 is 11.3 Å². The topological polar surface area (TPSA) is 55.1 Å². The highest BCUT2D eigenvalue weighted by molar-refractivity contribution is 7.14. The fourth-order valence-electron chi connectivity index (χ4n) is 1.82. The minimum absolute atomic E-state index is 0.0274.